The van der Waals surface area contributed by atoms with Crippen molar-refractivity contribution < 1.29 is 8.42 Å². The molecule has 0 radical (unpaired) electrons. The third-order valence-corrected chi connectivity index (χ3v) is 4.25. The van der Waals surface area contributed by atoms with Gasteiger partial charge in [0.05, 0.1) is 4.90 Å². The average Bonchev–Trinajstić information content (AvgIpc) is 2.42. The highest BCUT2D eigenvalue weighted by atomic mass is 32.2. The van der Waals surface area contributed by atoms with Gasteiger partial charge in [-0.25, -0.2) is 8.42 Å². The maximum Gasteiger partial charge on any atom is 0.175 e. The largest absolute Gasteiger partial charge is 0.310 e. The highest BCUT2D eigenvalue weighted by Crippen LogP contribution is 2.22. The van der Waals surface area contributed by atoms with Crippen LogP contribution in [-0.4, -0.2) is 21.2 Å². The number of nitrogens with one attached hydrogen (secondary N) is 1. The molecule has 0 saturated carbocycles. The van der Waals surface area contributed by atoms with Crippen LogP contribution < -0.4 is 5.32 Å². The van der Waals surface area contributed by atoms with E-state index in [4.69, 9.17) is 6.42 Å². The molecule has 0 aliphatic carbocycles. The summed E-state index contributed by atoms with van der Waals surface area (Å²) in [6.45, 7) is 3.02. The van der Waals surface area contributed by atoms with Crippen LogP contribution in [0, 0.1) is 12.3 Å². The second kappa shape index (κ2) is 8.08. The fraction of sp³-hybridized carbons (Fsp3) is 0.500. The maximum absolute atomic E-state index is 11.6. The van der Waals surface area contributed by atoms with E-state index in [1.54, 1.807) is 18.2 Å². The fourth-order valence-corrected chi connectivity index (χ4v) is 2.75. The minimum Gasteiger partial charge on any atom is -0.310 e. The molecule has 0 bridgehead atoms. The lowest BCUT2D eigenvalue weighted by atomic mass is 10.0. The number of benzene rings is 1. The molecular weight excluding hydrogens is 270 g/mol. The summed E-state index contributed by atoms with van der Waals surface area (Å²) in [4.78, 5) is 0.371. The summed E-state index contributed by atoms with van der Waals surface area (Å²) in [5.41, 5.74) is 1.01. The van der Waals surface area contributed by atoms with E-state index in [-0.39, 0.29) is 6.04 Å². The van der Waals surface area contributed by atoms with Crippen molar-refractivity contribution in [3.05, 3.63) is 29.8 Å². The summed E-state index contributed by atoms with van der Waals surface area (Å²) in [6, 6.07) is 7.33. The van der Waals surface area contributed by atoms with Crippen molar-refractivity contribution in [3.63, 3.8) is 0 Å². The summed E-state index contributed by atoms with van der Waals surface area (Å²) in [6.07, 6.45) is 10.2. The van der Waals surface area contributed by atoms with Crippen LogP contribution >= 0.6 is 0 Å². The number of rotatable bonds is 8. The second-order valence-corrected chi connectivity index (χ2v) is 6.96. The molecule has 20 heavy (non-hydrogen) atoms. The van der Waals surface area contributed by atoms with Crippen LogP contribution in [0.25, 0.3) is 0 Å². The Labute approximate surface area is 122 Å². The van der Waals surface area contributed by atoms with E-state index in [9.17, 15) is 8.42 Å². The van der Waals surface area contributed by atoms with Crippen molar-refractivity contribution >= 4 is 9.84 Å². The van der Waals surface area contributed by atoms with Crippen LogP contribution in [0.2, 0.25) is 0 Å². The van der Waals surface area contributed by atoms with E-state index in [1.807, 2.05) is 6.07 Å². The van der Waals surface area contributed by atoms with Crippen molar-refractivity contribution in [1.82, 2.24) is 5.32 Å². The Morgan fingerprint density at radius 1 is 1.40 bits per heavy atom. The molecule has 0 amide bonds. The Hall–Kier alpha value is -1.31. The summed E-state index contributed by atoms with van der Waals surface area (Å²) in [7, 11) is -3.16. The molecule has 3 nitrogen and oxygen atoms in total. The Bertz CT molecular complexity index is 558. The molecule has 1 atom stereocenters. The van der Waals surface area contributed by atoms with Gasteiger partial charge < -0.3 is 5.32 Å². The minimum absolute atomic E-state index is 0.157. The van der Waals surface area contributed by atoms with E-state index < -0.39 is 9.84 Å². The second-order valence-electron chi connectivity index (χ2n) is 4.95. The lowest BCUT2D eigenvalue weighted by molar-refractivity contribution is 0.486. The van der Waals surface area contributed by atoms with Crippen LogP contribution in [0.15, 0.2) is 29.2 Å². The van der Waals surface area contributed by atoms with Crippen LogP contribution in [0.1, 0.15) is 44.2 Å². The molecular formula is C16H23NO2S. The van der Waals surface area contributed by atoms with Crippen LogP contribution in [0.3, 0.4) is 0 Å². The topological polar surface area (TPSA) is 46.2 Å². The van der Waals surface area contributed by atoms with Gasteiger partial charge in [-0.2, -0.15) is 0 Å². The molecule has 1 N–H and O–H groups in total. The Morgan fingerprint density at radius 3 is 2.75 bits per heavy atom. The number of hydrogen-bond donors (Lipinski definition) is 1. The van der Waals surface area contributed by atoms with Gasteiger partial charge in [-0.15, -0.1) is 12.3 Å². The van der Waals surface area contributed by atoms with Crippen molar-refractivity contribution in [2.45, 2.75) is 43.5 Å². The van der Waals surface area contributed by atoms with Crippen molar-refractivity contribution in [3.8, 4) is 12.3 Å². The molecule has 0 saturated heterocycles. The minimum atomic E-state index is -3.16. The van der Waals surface area contributed by atoms with Gasteiger partial charge in [0.15, 0.2) is 9.84 Å². The molecule has 0 aliphatic rings. The maximum atomic E-state index is 11.6. The van der Waals surface area contributed by atoms with Gasteiger partial charge in [0.1, 0.15) is 0 Å². The van der Waals surface area contributed by atoms with Crippen molar-refractivity contribution in [1.29, 1.82) is 0 Å². The van der Waals surface area contributed by atoms with Gasteiger partial charge >= 0.3 is 0 Å². The molecule has 0 aromatic heterocycles. The van der Waals surface area contributed by atoms with E-state index >= 15 is 0 Å². The molecule has 0 fully saturated rings. The summed E-state index contributed by atoms with van der Waals surface area (Å²) in [5.74, 6) is 2.64. The van der Waals surface area contributed by atoms with E-state index in [0.29, 0.717) is 4.90 Å². The lowest BCUT2D eigenvalue weighted by Crippen LogP contribution is -2.22. The highest BCUT2D eigenvalue weighted by Gasteiger charge is 2.13. The molecule has 1 rings (SSSR count). The highest BCUT2D eigenvalue weighted by molar-refractivity contribution is 7.90. The first-order valence-electron chi connectivity index (χ1n) is 6.96. The predicted octanol–water partition coefficient (Wildman–Crippen LogP) is 2.93. The predicted molar refractivity (Wildman–Crippen MR) is 83.3 cm³/mol. The molecule has 0 spiro atoms. The molecule has 110 valence electrons. The van der Waals surface area contributed by atoms with E-state index in [1.165, 1.54) is 6.26 Å². The first kappa shape index (κ1) is 16.7. The van der Waals surface area contributed by atoms with E-state index in [2.05, 4.69) is 18.2 Å². The average molecular weight is 293 g/mol. The first-order valence-corrected chi connectivity index (χ1v) is 8.85. The SMILES string of the molecule is C#CCCCC(NCCC)c1cccc(S(C)(=O)=O)c1. The number of terminal acetylenes is 1. The Balaban J connectivity index is 2.92. The summed E-state index contributed by atoms with van der Waals surface area (Å²) >= 11 is 0. The zero-order chi connectivity index (χ0) is 15.0. The van der Waals surface area contributed by atoms with Crippen LogP contribution in [0.4, 0.5) is 0 Å². The summed E-state index contributed by atoms with van der Waals surface area (Å²) in [5, 5.41) is 3.46. The first-order chi connectivity index (χ1) is 9.49. The molecule has 0 aliphatic heterocycles. The lowest BCUT2D eigenvalue weighted by Gasteiger charge is -2.19. The molecule has 1 aromatic rings. The molecule has 1 aromatic carbocycles. The van der Waals surface area contributed by atoms with Crippen molar-refractivity contribution in [2.75, 3.05) is 12.8 Å². The Kier molecular flexibility index (Phi) is 6.77. The van der Waals surface area contributed by atoms with Gasteiger partial charge in [0.2, 0.25) is 0 Å². The molecule has 4 heteroatoms. The zero-order valence-electron chi connectivity index (χ0n) is 12.2. The van der Waals surface area contributed by atoms with Gasteiger partial charge in [0, 0.05) is 18.7 Å². The standard InChI is InChI=1S/C16H23NO2S/c1-4-6-7-11-16(17-12-5-2)14-9-8-10-15(13-14)20(3,18)19/h1,8-10,13,16-17H,5-7,11-12H2,2-3H3. The smallest absolute Gasteiger partial charge is 0.175 e. The number of unbranched alkanes of at least 4 members (excludes halogenated alkanes) is 1. The third-order valence-electron chi connectivity index (χ3n) is 3.14. The van der Waals surface area contributed by atoms with Crippen LogP contribution in [0.5, 0.6) is 0 Å². The van der Waals surface area contributed by atoms with Gasteiger partial charge in [-0.3, -0.25) is 0 Å². The fourth-order valence-electron chi connectivity index (χ4n) is 2.08. The normalized spacial score (nSPS) is 12.8. The zero-order valence-corrected chi connectivity index (χ0v) is 13.0. The molecule has 0 heterocycles. The molecule has 1 unspecified atom stereocenters. The number of hydrogen-bond acceptors (Lipinski definition) is 3. The Morgan fingerprint density at radius 2 is 2.15 bits per heavy atom. The summed E-state index contributed by atoms with van der Waals surface area (Å²) < 4.78 is 23.3. The van der Waals surface area contributed by atoms with Gasteiger partial charge in [-0.05, 0) is 43.5 Å². The van der Waals surface area contributed by atoms with Gasteiger partial charge in [0.25, 0.3) is 0 Å². The third kappa shape index (κ3) is 5.36. The van der Waals surface area contributed by atoms with Gasteiger partial charge in [-0.1, -0.05) is 19.1 Å². The van der Waals surface area contributed by atoms with Crippen LogP contribution in [-0.2, 0) is 9.84 Å². The number of sulfone groups is 1. The van der Waals surface area contributed by atoms with Crippen molar-refractivity contribution in [2.24, 2.45) is 0 Å². The van der Waals surface area contributed by atoms with E-state index in [0.717, 1.165) is 37.8 Å². The quantitative estimate of drug-likeness (QED) is 0.592. The monoisotopic (exact) mass is 293 g/mol.